The highest BCUT2D eigenvalue weighted by Gasteiger charge is 2.51. The van der Waals surface area contributed by atoms with E-state index in [1.165, 1.54) is 0 Å². The molecule has 1 aromatic carbocycles. The maximum absolute atomic E-state index is 11.0. The predicted octanol–water partition coefficient (Wildman–Crippen LogP) is 1.30. The molecule has 0 radical (unpaired) electrons. The van der Waals surface area contributed by atoms with Gasteiger partial charge in [0.15, 0.2) is 0 Å². The van der Waals surface area contributed by atoms with Gasteiger partial charge in [0.1, 0.15) is 0 Å². The zero-order valence-corrected chi connectivity index (χ0v) is 7.73. The second-order valence-corrected chi connectivity index (χ2v) is 3.74. The Morgan fingerprint density at radius 1 is 1.29 bits per heavy atom. The van der Waals surface area contributed by atoms with Crippen LogP contribution in [0.2, 0.25) is 0 Å². The van der Waals surface area contributed by atoms with Crippen molar-refractivity contribution in [3.05, 3.63) is 35.4 Å². The van der Waals surface area contributed by atoms with Crippen molar-refractivity contribution >= 4 is 5.97 Å². The highest BCUT2D eigenvalue weighted by atomic mass is 16.4. The third-order valence-electron chi connectivity index (χ3n) is 2.85. The zero-order chi connectivity index (χ0) is 10.2. The van der Waals surface area contributed by atoms with Crippen molar-refractivity contribution in [2.24, 2.45) is 0 Å². The van der Waals surface area contributed by atoms with E-state index in [0.29, 0.717) is 0 Å². The summed E-state index contributed by atoms with van der Waals surface area (Å²) in [5.41, 5.74) is 1.03. The van der Waals surface area contributed by atoms with E-state index < -0.39 is 11.4 Å². The Bertz CT molecular complexity index is 349. The first-order valence-corrected chi connectivity index (χ1v) is 4.63. The van der Waals surface area contributed by atoms with Crippen molar-refractivity contribution in [2.75, 3.05) is 0 Å². The number of carboxylic acid groups (broad SMARTS) is 1. The lowest BCUT2D eigenvalue weighted by molar-refractivity contribution is -0.140. The van der Waals surface area contributed by atoms with E-state index in [2.05, 4.69) is 0 Å². The summed E-state index contributed by atoms with van der Waals surface area (Å²) in [6.45, 7) is 0.000349. The molecule has 0 saturated heterocycles. The third-order valence-corrected chi connectivity index (χ3v) is 2.85. The number of hydrogen-bond donors (Lipinski definition) is 2. The van der Waals surface area contributed by atoms with Crippen LogP contribution in [0.5, 0.6) is 0 Å². The highest BCUT2D eigenvalue weighted by Crippen LogP contribution is 2.48. The van der Waals surface area contributed by atoms with Gasteiger partial charge in [0.2, 0.25) is 0 Å². The molecule has 3 heteroatoms. The van der Waals surface area contributed by atoms with Crippen LogP contribution in [0.25, 0.3) is 0 Å². The van der Waals surface area contributed by atoms with Gasteiger partial charge in [0, 0.05) is 0 Å². The molecule has 14 heavy (non-hydrogen) atoms. The predicted molar refractivity (Wildman–Crippen MR) is 50.9 cm³/mol. The Labute approximate surface area is 82.0 Å². The van der Waals surface area contributed by atoms with Gasteiger partial charge in [-0.05, 0) is 24.0 Å². The molecule has 1 aliphatic rings. The number of aliphatic hydroxyl groups is 1. The molecule has 0 bridgehead atoms. The second kappa shape index (κ2) is 3.10. The minimum Gasteiger partial charge on any atom is -0.481 e. The number of aliphatic hydroxyl groups excluding tert-OH is 1. The van der Waals surface area contributed by atoms with E-state index in [4.69, 9.17) is 10.2 Å². The van der Waals surface area contributed by atoms with Gasteiger partial charge in [0.25, 0.3) is 0 Å². The van der Waals surface area contributed by atoms with Gasteiger partial charge in [0.05, 0.1) is 12.0 Å². The minimum atomic E-state index is -0.741. The molecule has 74 valence electrons. The molecule has 0 spiro atoms. The first kappa shape index (κ1) is 9.21. The van der Waals surface area contributed by atoms with Gasteiger partial charge in [-0.25, -0.2) is 0 Å². The van der Waals surface area contributed by atoms with Crippen molar-refractivity contribution in [2.45, 2.75) is 24.9 Å². The number of carboxylic acids is 1. The smallest absolute Gasteiger partial charge is 0.314 e. The van der Waals surface area contributed by atoms with Crippen LogP contribution in [-0.4, -0.2) is 16.2 Å². The molecular weight excluding hydrogens is 180 g/mol. The minimum absolute atomic E-state index is 0.000349. The molecule has 0 aromatic heterocycles. The maximum atomic E-state index is 11.0. The van der Waals surface area contributed by atoms with Crippen molar-refractivity contribution in [1.29, 1.82) is 0 Å². The van der Waals surface area contributed by atoms with E-state index in [-0.39, 0.29) is 6.61 Å². The van der Waals surface area contributed by atoms with Crippen molar-refractivity contribution in [3.63, 3.8) is 0 Å². The second-order valence-electron chi connectivity index (χ2n) is 3.74. The van der Waals surface area contributed by atoms with Crippen molar-refractivity contribution in [3.8, 4) is 0 Å². The molecule has 0 atom stereocenters. The lowest BCUT2D eigenvalue weighted by Gasteiger charge is -2.09. The van der Waals surface area contributed by atoms with E-state index in [1.807, 2.05) is 0 Å². The summed E-state index contributed by atoms with van der Waals surface area (Å²) in [5.74, 6) is -0.741. The van der Waals surface area contributed by atoms with Gasteiger partial charge >= 0.3 is 5.97 Å². The van der Waals surface area contributed by atoms with Gasteiger partial charge in [-0.1, -0.05) is 24.3 Å². The Morgan fingerprint density at radius 2 is 1.86 bits per heavy atom. The molecule has 1 saturated carbocycles. The fourth-order valence-corrected chi connectivity index (χ4v) is 1.68. The largest absolute Gasteiger partial charge is 0.481 e. The standard InChI is InChI=1S/C11H12O3/c12-7-8-1-3-9(4-2-8)11(5-6-11)10(13)14/h1-4,12H,5-7H2,(H,13,14). The average Bonchev–Trinajstić information content (AvgIpc) is 2.99. The first-order chi connectivity index (χ1) is 6.69. The topological polar surface area (TPSA) is 57.5 Å². The van der Waals surface area contributed by atoms with Crippen LogP contribution in [-0.2, 0) is 16.8 Å². The van der Waals surface area contributed by atoms with E-state index in [1.54, 1.807) is 24.3 Å². The fourth-order valence-electron chi connectivity index (χ4n) is 1.68. The van der Waals surface area contributed by atoms with E-state index >= 15 is 0 Å². The molecule has 3 nitrogen and oxygen atoms in total. The Hall–Kier alpha value is -1.35. The average molecular weight is 192 g/mol. The lowest BCUT2D eigenvalue weighted by atomic mass is 9.95. The SMILES string of the molecule is O=C(O)C1(c2ccc(CO)cc2)CC1. The van der Waals surface area contributed by atoms with E-state index in [0.717, 1.165) is 24.0 Å². The summed E-state index contributed by atoms with van der Waals surface area (Å²) in [6.07, 6.45) is 1.45. The van der Waals surface area contributed by atoms with Gasteiger partial charge in [-0.3, -0.25) is 4.79 Å². The summed E-state index contributed by atoms with van der Waals surface area (Å²) >= 11 is 0. The van der Waals surface area contributed by atoms with Crippen LogP contribution in [0.1, 0.15) is 24.0 Å². The zero-order valence-electron chi connectivity index (χ0n) is 7.73. The molecule has 1 fully saturated rings. The fraction of sp³-hybridized carbons (Fsp3) is 0.364. The summed E-state index contributed by atoms with van der Waals surface area (Å²) < 4.78 is 0. The van der Waals surface area contributed by atoms with Gasteiger partial charge < -0.3 is 10.2 Å². The normalized spacial score (nSPS) is 17.8. The Morgan fingerprint density at radius 3 is 2.21 bits per heavy atom. The number of hydrogen-bond acceptors (Lipinski definition) is 2. The summed E-state index contributed by atoms with van der Waals surface area (Å²) in [4.78, 5) is 11.0. The lowest BCUT2D eigenvalue weighted by Crippen LogP contribution is -2.19. The number of rotatable bonds is 3. The maximum Gasteiger partial charge on any atom is 0.314 e. The number of benzene rings is 1. The van der Waals surface area contributed by atoms with Crippen molar-refractivity contribution in [1.82, 2.24) is 0 Å². The molecule has 2 N–H and O–H groups in total. The van der Waals surface area contributed by atoms with Gasteiger partial charge in [-0.15, -0.1) is 0 Å². The number of carbonyl (C=O) groups is 1. The molecule has 0 aliphatic heterocycles. The molecule has 2 rings (SSSR count). The summed E-state index contributed by atoms with van der Waals surface area (Å²) in [7, 11) is 0. The summed E-state index contributed by atoms with van der Waals surface area (Å²) in [6, 6.07) is 7.15. The highest BCUT2D eigenvalue weighted by molar-refractivity contribution is 5.84. The molecule has 0 amide bonds. The Balaban J connectivity index is 2.29. The van der Waals surface area contributed by atoms with Gasteiger partial charge in [-0.2, -0.15) is 0 Å². The van der Waals surface area contributed by atoms with Crippen LogP contribution in [0, 0.1) is 0 Å². The Kier molecular flexibility index (Phi) is 2.04. The molecule has 1 aromatic rings. The summed E-state index contributed by atoms with van der Waals surface area (Å²) in [5, 5.41) is 17.9. The third kappa shape index (κ3) is 1.30. The van der Waals surface area contributed by atoms with Crippen LogP contribution < -0.4 is 0 Å². The van der Waals surface area contributed by atoms with Crippen LogP contribution in [0.3, 0.4) is 0 Å². The first-order valence-electron chi connectivity index (χ1n) is 4.63. The molecular formula is C11H12O3. The van der Waals surface area contributed by atoms with Crippen LogP contribution >= 0.6 is 0 Å². The number of aliphatic carboxylic acids is 1. The quantitative estimate of drug-likeness (QED) is 0.758. The van der Waals surface area contributed by atoms with Crippen molar-refractivity contribution < 1.29 is 15.0 Å². The molecule has 0 unspecified atom stereocenters. The molecule has 0 heterocycles. The van der Waals surface area contributed by atoms with Crippen LogP contribution in [0.4, 0.5) is 0 Å². The molecule has 1 aliphatic carbocycles. The monoisotopic (exact) mass is 192 g/mol. The van der Waals surface area contributed by atoms with E-state index in [9.17, 15) is 4.79 Å². The van der Waals surface area contributed by atoms with Crippen LogP contribution in [0.15, 0.2) is 24.3 Å².